The summed E-state index contributed by atoms with van der Waals surface area (Å²) >= 11 is 0. The summed E-state index contributed by atoms with van der Waals surface area (Å²) in [5, 5.41) is 7.76. The first kappa shape index (κ1) is 14.0. The van der Waals surface area contributed by atoms with Crippen LogP contribution >= 0.6 is 0 Å². The van der Waals surface area contributed by atoms with Crippen LogP contribution in [0.3, 0.4) is 0 Å². The highest BCUT2D eigenvalue weighted by molar-refractivity contribution is 5.56. The Kier molecular flexibility index (Phi) is 4.45. The zero-order chi connectivity index (χ0) is 14.5. The van der Waals surface area contributed by atoms with Crippen LogP contribution in [0.4, 0.5) is 5.69 Å². The molecule has 6 heteroatoms. The first-order valence-corrected chi connectivity index (χ1v) is 7.55. The molecule has 112 valence electrons. The molecule has 0 spiro atoms. The predicted octanol–water partition coefficient (Wildman–Crippen LogP) is 2.42. The Bertz CT molecular complexity index is 555. The molecule has 0 saturated carbocycles. The van der Waals surface area contributed by atoms with E-state index in [4.69, 9.17) is 4.74 Å². The fourth-order valence-corrected chi connectivity index (χ4v) is 2.76. The summed E-state index contributed by atoms with van der Waals surface area (Å²) in [6.07, 6.45) is 9.67. The van der Waals surface area contributed by atoms with Crippen molar-refractivity contribution in [1.82, 2.24) is 19.7 Å². The molecule has 1 saturated heterocycles. The Balaban J connectivity index is 1.73. The molecule has 1 aliphatic rings. The van der Waals surface area contributed by atoms with E-state index in [1.165, 1.54) is 6.33 Å². The molecule has 2 aromatic heterocycles. The van der Waals surface area contributed by atoms with Crippen molar-refractivity contribution in [3.05, 3.63) is 31.0 Å². The molecule has 2 atom stereocenters. The summed E-state index contributed by atoms with van der Waals surface area (Å²) in [7, 11) is 0. The van der Waals surface area contributed by atoms with E-state index in [2.05, 4.69) is 27.3 Å². The van der Waals surface area contributed by atoms with Gasteiger partial charge in [0.1, 0.15) is 12.7 Å². The largest absolute Gasteiger partial charge is 0.379 e. The molecule has 3 rings (SSSR count). The molecule has 1 N–H and O–H groups in total. The van der Waals surface area contributed by atoms with Crippen LogP contribution in [-0.4, -0.2) is 38.5 Å². The van der Waals surface area contributed by atoms with E-state index in [9.17, 15) is 0 Å². The molecule has 0 amide bonds. The first-order valence-electron chi connectivity index (χ1n) is 7.55. The highest BCUT2D eigenvalue weighted by Gasteiger charge is 2.22. The van der Waals surface area contributed by atoms with Crippen molar-refractivity contribution < 1.29 is 4.74 Å². The second-order valence-corrected chi connectivity index (χ2v) is 5.36. The third kappa shape index (κ3) is 3.39. The van der Waals surface area contributed by atoms with Gasteiger partial charge in [-0.2, -0.15) is 5.10 Å². The number of hydrogen-bond acceptors (Lipinski definition) is 5. The highest BCUT2D eigenvalue weighted by atomic mass is 16.5. The maximum absolute atomic E-state index is 5.81. The number of hydrogen-bond donors (Lipinski definition) is 1. The van der Waals surface area contributed by atoms with Crippen molar-refractivity contribution in [2.75, 3.05) is 11.9 Å². The first-order chi connectivity index (χ1) is 10.4. The Labute approximate surface area is 124 Å². The van der Waals surface area contributed by atoms with E-state index in [0.29, 0.717) is 12.1 Å². The maximum Gasteiger partial charge on any atom is 0.178 e. The zero-order valence-electron chi connectivity index (χ0n) is 12.3. The van der Waals surface area contributed by atoms with Gasteiger partial charge in [0.15, 0.2) is 5.82 Å². The Morgan fingerprint density at radius 3 is 3.24 bits per heavy atom. The fourth-order valence-electron chi connectivity index (χ4n) is 2.76. The summed E-state index contributed by atoms with van der Waals surface area (Å²) in [6, 6.07) is 4.39. The lowest BCUT2D eigenvalue weighted by atomic mass is 10.00. The normalized spacial score (nSPS) is 22.1. The van der Waals surface area contributed by atoms with E-state index in [-0.39, 0.29) is 0 Å². The SMILES string of the molecule is CCCC1CC(Nc2cccnc2-n2cncn2)CCO1. The number of pyridine rings is 1. The van der Waals surface area contributed by atoms with Crippen molar-refractivity contribution in [1.29, 1.82) is 0 Å². The lowest BCUT2D eigenvalue weighted by molar-refractivity contribution is 0.00597. The molecule has 3 heterocycles. The second-order valence-electron chi connectivity index (χ2n) is 5.36. The number of rotatable bonds is 5. The van der Waals surface area contributed by atoms with Gasteiger partial charge in [-0.25, -0.2) is 14.6 Å². The lowest BCUT2D eigenvalue weighted by Gasteiger charge is -2.31. The molecule has 2 unspecified atom stereocenters. The van der Waals surface area contributed by atoms with Gasteiger partial charge in [0.05, 0.1) is 11.8 Å². The summed E-state index contributed by atoms with van der Waals surface area (Å²) in [6.45, 7) is 3.02. The van der Waals surface area contributed by atoms with Crippen LogP contribution in [0.1, 0.15) is 32.6 Å². The molecular formula is C15H21N5O. The van der Waals surface area contributed by atoms with Crippen LogP contribution < -0.4 is 5.32 Å². The van der Waals surface area contributed by atoms with E-state index >= 15 is 0 Å². The smallest absolute Gasteiger partial charge is 0.178 e. The van der Waals surface area contributed by atoms with Gasteiger partial charge in [-0.1, -0.05) is 13.3 Å². The van der Waals surface area contributed by atoms with Gasteiger partial charge < -0.3 is 10.1 Å². The quantitative estimate of drug-likeness (QED) is 0.915. The summed E-state index contributed by atoms with van der Waals surface area (Å²) in [4.78, 5) is 8.40. The van der Waals surface area contributed by atoms with E-state index in [1.54, 1.807) is 17.2 Å². The monoisotopic (exact) mass is 287 g/mol. The number of ether oxygens (including phenoxy) is 1. The van der Waals surface area contributed by atoms with Crippen molar-refractivity contribution in [3.8, 4) is 5.82 Å². The van der Waals surface area contributed by atoms with Gasteiger partial charge in [-0.3, -0.25) is 0 Å². The molecule has 6 nitrogen and oxygen atoms in total. The highest BCUT2D eigenvalue weighted by Crippen LogP contribution is 2.23. The average Bonchev–Trinajstić information content (AvgIpc) is 3.03. The minimum Gasteiger partial charge on any atom is -0.379 e. The van der Waals surface area contributed by atoms with Crippen LogP contribution in [0.5, 0.6) is 0 Å². The predicted molar refractivity (Wildman–Crippen MR) is 80.4 cm³/mol. The second kappa shape index (κ2) is 6.67. The van der Waals surface area contributed by atoms with Crippen molar-refractivity contribution in [3.63, 3.8) is 0 Å². The molecule has 0 bridgehead atoms. The van der Waals surface area contributed by atoms with Gasteiger partial charge in [0, 0.05) is 18.8 Å². The van der Waals surface area contributed by atoms with Crippen LogP contribution in [0, 0.1) is 0 Å². The van der Waals surface area contributed by atoms with Crippen LogP contribution in [0.25, 0.3) is 5.82 Å². The molecule has 0 radical (unpaired) electrons. The molecule has 2 aromatic rings. The maximum atomic E-state index is 5.81. The molecule has 1 aliphatic heterocycles. The number of nitrogens with zero attached hydrogens (tertiary/aromatic N) is 4. The Morgan fingerprint density at radius 2 is 2.43 bits per heavy atom. The standard InChI is InChI=1S/C15H21N5O/c1-2-4-13-9-12(6-8-21-13)19-14-5-3-7-17-15(14)20-11-16-10-18-20/h3,5,7,10-13,19H,2,4,6,8-9H2,1H3. The Hall–Kier alpha value is -1.95. The third-order valence-corrected chi connectivity index (χ3v) is 3.76. The van der Waals surface area contributed by atoms with E-state index < -0.39 is 0 Å². The molecular weight excluding hydrogens is 266 g/mol. The topological polar surface area (TPSA) is 64.9 Å². The van der Waals surface area contributed by atoms with Crippen LogP contribution in [0.15, 0.2) is 31.0 Å². The minimum atomic E-state index is 0.368. The van der Waals surface area contributed by atoms with Gasteiger partial charge in [0.2, 0.25) is 0 Å². The number of anilines is 1. The van der Waals surface area contributed by atoms with E-state index in [1.807, 2.05) is 12.1 Å². The third-order valence-electron chi connectivity index (χ3n) is 3.76. The van der Waals surface area contributed by atoms with Gasteiger partial charge >= 0.3 is 0 Å². The van der Waals surface area contributed by atoms with Crippen LogP contribution in [-0.2, 0) is 4.74 Å². The molecule has 1 fully saturated rings. The van der Waals surface area contributed by atoms with Gasteiger partial charge in [0.25, 0.3) is 0 Å². The van der Waals surface area contributed by atoms with Crippen molar-refractivity contribution in [2.24, 2.45) is 0 Å². The van der Waals surface area contributed by atoms with Gasteiger partial charge in [-0.05, 0) is 31.4 Å². The average molecular weight is 287 g/mol. The molecule has 0 aromatic carbocycles. The van der Waals surface area contributed by atoms with Crippen molar-refractivity contribution in [2.45, 2.75) is 44.8 Å². The molecule has 21 heavy (non-hydrogen) atoms. The molecule has 0 aliphatic carbocycles. The van der Waals surface area contributed by atoms with Crippen molar-refractivity contribution >= 4 is 5.69 Å². The summed E-state index contributed by atoms with van der Waals surface area (Å²) < 4.78 is 7.49. The van der Waals surface area contributed by atoms with Crippen LogP contribution in [0.2, 0.25) is 0 Å². The summed E-state index contributed by atoms with van der Waals surface area (Å²) in [5.74, 6) is 0.786. The number of nitrogens with one attached hydrogen (secondary N) is 1. The zero-order valence-corrected chi connectivity index (χ0v) is 12.3. The Morgan fingerprint density at radius 1 is 1.48 bits per heavy atom. The number of aromatic nitrogens is 4. The van der Waals surface area contributed by atoms with Gasteiger partial charge in [-0.15, -0.1) is 0 Å². The minimum absolute atomic E-state index is 0.368. The fraction of sp³-hybridized carbons (Fsp3) is 0.533. The lowest BCUT2D eigenvalue weighted by Crippen LogP contribution is -2.34. The van der Waals surface area contributed by atoms with E-state index in [0.717, 1.165) is 43.8 Å². The summed E-state index contributed by atoms with van der Waals surface area (Å²) in [5.41, 5.74) is 0.991.